The van der Waals surface area contributed by atoms with E-state index >= 15 is 0 Å². The van der Waals surface area contributed by atoms with E-state index in [-0.39, 0.29) is 23.0 Å². The molecule has 5 nitrogen and oxygen atoms in total. The van der Waals surface area contributed by atoms with E-state index in [9.17, 15) is 10.2 Å². The lowest BCUT2D eigenvalue weighted by atomic mass is 10.1. The summed E-state index contributed by atoms with van der Waals surface area (Å²) in [6.07, 6.45) is 2.00. The minimum absolute atomic E-state index is 0.0783. The van der Waals surface area contributed by atoms with Gasteiger partial charge in [-0.1, -0.05) is 11.2 Å². The quantitative estimate of drug-likeness (QED) is 0.720. The Morgan fingerprint density at radius 1 is 1.00 bits per heavy atom. The number of aromatic hydroxyl groups is 2. The molecular weight excluding hydrogens is 288 g/mol. The maximum absolute atomic E-state index is 9.80. The zero-order valence-corrected chi connectivity index (χ0v) is 12.0. The summed E-state index contributed by atoms with van der Waals surface area (Å²) >= 11 is 1.65. The van der Waals surface area contributed by atoms with Gasteiger partial charge in [0, 0.05) is 10.5 Å². The summed E-state index contributed by atoms with van der Waals surface area (Å²) in [6, 6.07) is 12.2. The first-order valence-electron chi connectivity index (χ1n) is 6.18. The minimum atomic E-state index is -0.108. The Hall–Kier alpha value is -2.47. The average Bonchev–Trinajstić information content (AvgIpc) is 2.97. The molecule has 0 aliphatic carbocycles. The lowest BCUT2D eigenvalue weighted by Gasteiger charge is -2.01. The SMILES string of the molecule is CSc1ccc(-c2noc(-c3c(O)cccc3O)n2)cc1. The van der Waals surface area contributed by atoms with Crippen LogP contribution < -0.4 is 0 Å². The average molecular weight is 300 g/mol. The van der Waals surface area contributed by atoms with E-state index in [1.165, 1.54) is 18.2 Å². The Kier molecular flexibility index (Phi) is 3.53. The summed E-state index contributed by atoms with van der Waals surface area (Å²) in [5.74, 6) is 0.265. The number of thioether (sulfide) groups is 1. The summed E-state index contributed by atoms with van der Waals surface area (Å²) in [5, 5.41) is 23.5. The van der Waals surface area contributed by atoms with Crippen LogP contribution in [0.5, 0.6) is 11.5 Å². The van der Waals surface area contributed by atoms with Gasteiger partial charge in [-0.15, -0.1) is 11.8 Å². The monoisotopic (exact) mass is 300 g/mol. The molecule has 0 radical (unpaired) electrons. The van der Waals surface area contributed by atoms with E-state index < -0.39 is 0 Å². The second-order valence-corrected chi connectivity index (χ2v) is 5.20. The number of rotatable bonds is 3. The maximum atomic E-state index is 9.80. The van der Waals surface area contributed by atoms with Gasteiger partial charge in [0.05, 0.1) is 0 Å². The van der Waals surface area contributed by atoms with Crippen molar-refractivity contribution in [2.45, 2.75) is 4.90 Å². The Balaban J connectivity index is 1.99. The molecule has 2 aromatic carbocycles. The molecule has 0 spiro atoms. The molecule has 0 bridgehead atoms. The van der Waals surface area contributed by atoms with E-state index in [1.54, 1.807) is 11.8 Å². The van der Waals surface area contributed by atoms with Gasteiger partial charge in [-0.05, 0) is 42.7 Å². The van der Waals surface area contributed by atoms with Crippen molar-refractivity contribution in [2.24, 2.45) is 0 Å². The van der Waals surface area contributed by atoms with Crippen molar-refractivity contribution < 1.29 is 14.7 Å². The molecule has 1 heterocycles. The largest absolute Gasteiger partial charge is 0.507 e. The molecule has 2 N–H and O–H groups in total. The molecule has 3 rings (SSSR count). The Morgan fingerprint density at radius 2 is 1.67 bits per heavy atom. The first-order valence-corrected chi connectivity index (χ1v) is 7.41. The number of phenols is 2. The number of phenolic OH excluding ortho intramolecular Hbond substituents is 2. The first kappa shape index (κ1) is 13.5. The van der Waals surface area contributed by atoms with Crippen LogP contribution in [0.4, 0.5) is 0 Å². The van der Waals surface area contributed by atoms with Crippen LogP contribution in [0.1, 0.15) is 0 Å². The fourth-order valence-electron chi connectivity index (χ4n) is 1.93. The number of aromatic nitrogens is 2. The normalized spacial score (nSPS) is 10.7. The number of nitrogens with zero attached hydrogens (tertiary/aromatic N) is 2. The molecule has 0 fully saturated rings. The Labute approximate surface area is 125 Å². The third kappa shape index (κ3) is 2.57. The zero-order valence-electron chi connectivity index (χ0n) is 11.1. The van der Waals surface area contributed by atoms with Crippen molar-refractivity contribution >= 4 is 11.8 Å². The highest BCUT2D eigenvalue weighted by Gasteiger charge is 2.17. The van der Waals surface area contributed by atoms with Crippen LogP contribution in [-0.2, 0) is 0 Å². The van der Waals surface area contributed by atoms with Crippen molar-refractivity contribution in [3.63, 3.8) is 0 Å². The maximum Gasteiger partial charge on any atom is 0.265 e. The van der Waals surface area contributed by atoms with Crippen LogP contribution >= 0.6 is 11.8 Å². The molecule has 106 valence electrons. The van der Waals surface area contributed by atoms with Crippen LogP contribution in [0.3, 0.4) is 0 Å². The fourth-order valence-corrected chi connectivity index (χ4v) is 2.34. The van der Waals surface area contributed by atoms with Crippen LogP contribution in [0.15, 0.2) is 51.9 Å². The molecule has 21 heavy (non-hydrogen) atoms. The molecule has 0 aliphatic heterocycles. The second-order valence-electron chi connectivity index (χ2n) is 4.32. The number of benzene rings is 2. The van der Waals surface area contributed by atoms with Gasteiger partial charge < -0.3 is 14.7 Å². The van der Waals surface area contributed by atoms with E-state index in [4.69, 9.17) is 4.52 Å². The van der Waals surface area contributed by atoms with Gasteiger partial charge in [0.1, 0.15) is 17.1 Å². The van der Waals surface area contributed by atoms with Gasteiger partial charge in [-0.25, -0.2) is 0 Å². The molecule has 0 amide bonds. The van der Waals surface area contributed by atoms with Crippen molar-refractivity contribution in [3.8, 4) is 34.3 Å². The molecule has 0 saturated carbocycles. The fraction of sp³-hybridized carbons (Fsp3) is 0.0667. The van der Waals surface area contributed by atoms with Crippen LogP contribution in [0, 0.1) is 0 Å². The second kappa shape index (κ2) is 5.49. The van der Waals surface area contributed by atoms with E-state index in [1.807, 2.05) is 30.5 Å². The van der Waals surface area contributed by atoms with Crippen molar-refractivity contribution in [1.29, 1.82) is 0 Å². The summed E-state index contributed by atoms with van der Waals surface area (Å²) in [6.45, 7) is 0. The first-order chi connectivity index (χ1) is 10.2. The van der Waals surface area contributed by atoms with Crippen molar-refractivity contribution in [3.05, 3.63) is 42.5 Å². The van der Waals surface area contributed by atoms with Gasteiger partial charge >= 0.3 is 0 Å². The summed E-state index contributed by atoms with van der Waals surface area (Å²) in [4.78, 5) is 5.36. The number of hydrogen-bond donors (Lipinski definition) is 2. The van der Waals surface area contributed by atoms with Crippen LogP contribution in [0.2, 0.25) is 0 Å². The third-order valence-electron chi connectivity index (χ3n) is 3.01. The van der Waals surface area contributed by atoms with E-state index in [2.05, 4.69) is 10.1 Å². The van der Waals surface area contributed by atoms with Gasteiger partial charge in [-0.2, -0.15) is 4.98 Å². The molecule has 6 heteroatoms. The predicted molar refractivity (Wildman–Crippen MR) is 80.3 cm³/mol. The summed E-state index contributed by atoms with van der Waals surface area (Å²) < 4.78 is 5.14. The minimum Gasteiger partial charge on any atom is -0.507 e. The van der Waals surface area contributed by atoms with Crippen LogP contribution in [0.25, 0.3) is 22.8 Å². The molecule has 1 aromatic heterocycles. The standard InChI is InChI=1S/C15H12N2O3S/c1-21-10-7-5-9(6-8-10)14-16-15(20-17-14)13-11(18)3-2-4-12(13)19/h2-8,18-19H,1H3. The zero-order chi connectivity index (χ0) is 14.8. The number of hydrogen-bond acceptors (Lipinski definition) is 6. The summed E-state index contributed by atoms with van der Waals surface area (Å²) in [5.41, 5.74) is 0.940. The van der Waals surface area contributed by atoms with Crippen LogP contribution in [-0.4, -0.2) is 26.6 Å². The van der Waals surface area contributed by atoms with Gasteiger partial charge in [0.25, 0.3) is 5.89 Å². The predicted octanol–water partition coefficient (Wildman–Crippen LogP) is 3.54. The lowest BCUT2D eigenvalue weighted by Crippen LogP contribution is -1.83. The van der Waals surface area contributed by atoms with Gasteiger partial charge in [0.2, 0.25) is 5.82 Å². The van der Waals surface area contributed by atoms with E-state index in [0.717, 1.165) is 10.5 Å². The highest BCUT2D eigenvalue weighted by Crippen LogP contribution is 2.36. The molecule has 0 aliphatic rings. The molecule has 0 saturated heterocycles. The molecule has 0 atom stereocenters. The Morgan fingerprint density at radius 3 is 2.29 bits per heavy atom. The topological polar surface area (TPSA) is 79.4 Å². The molecular formula is C15H12N2O3S. The van der Waals surface area contributed by atoms with Crippen molar-refractivity contribution in [1.82, 2.24) is 10.1 Å². The molecule has 0 unspecified atom stereocenters. The third-order valence-corrected chi connectivity index (χ3v) is 3.75. The van der Waals surface area contributed by atoms with E-state index in [0.29, 0.717) is 5.82 Å². The highest BCUT2D eigenvalue weighted by molar-refractivity contribution is 7.98. The smallest absolute Gasteiger partial charge is 0.265 e. The summed E-state index contributed by atoms with van der Waals surface area (Å²) in [7, 11) is 0. The lowest BCUT2D eigenvalue weighted by molar-refractivity contribution is 0.416. The van der Waals surface area contributed by atoms with Crippen molar-refractivity contribution in [2.75, 3.05) is 6.26 Å². The highest BCUT2D eigenvalue weighted by atomic mass is 32.2. The molecule has 3 aromatic rings. The van der Waals surface area contributed by atoms with Gasteiger partial charge in [-0.3, -0.25) is 0 Å². The Bertz CT molecular complexity index is 749. The van der Waals surface area contributed by atoms with Gasteiger partial charge in [0.15, 0.2) is 0 Å².